The Balaban J connectivity index is 1.83. The molecule has 8 nitrogen and oxygen atoms in total. The van der Waals surface area contributed by atoms with Gasteiger partial charge in [-0.15, -0.1) is 0 Å². The normalized spacial score (nSPS) is 11.9. The minimum absolute atomic E-state index is 0.0960. The monoisotopic (exact) mass is 531 g/mol. The Morgan fingerprint density at radius 1 is 0.919 bits per heavy atom. The highest BCUT2D eigenvalue weighted by atomic mass is 32.2. The van der Waals surface area contributed by atoms with Crippen molar-refractivity contribution in [2.45, 2.75) is 37.8 Å². The summed E-state index contributed by atoms with van der Waals surface area (Å²) in [6.45, 7) is 4.20. The van der Waals surface area contributed by atoms with Gasteiger partial charge in [0.1, 0.15) is 16.5 Å². The maximum Gasteiger partial charge on any atom is 0.339 e. The molecule has 0 aliphatic carbocycles. The molecule has 1 amide bonds. The minimum atomic E-state index is -4.12. The van der Waals surface area contributed by atoms with E-state index in [4.69, 9.17) is 18.4 Å². The van der Waals surface area contributed by atoms with Gasteiger partial charge in [-0.2, -0.15) is 8.42 Å². The quantitative estimate of drug-likeness (QED) is 0.320. The summed E-state index contributed by atoms with van der Waals surface area (Å²) in [5, 5.41) is 0. The lowest BCUT2D eigenvalue weighted by atomic mass is 10.1. The molecule has 0 aliphatic rings. The van der Waals surface area contributed by atoms with Crippen LogP contribution in [0.4, 0.5) is 4.39 Å². The van der Waals surface area contributed by atoms with Crippen molar-refractivity contribution >= 4 is 16.0 Å². The number of rotatable bonds is 11. The van der Waals surface area contributed by atoms with Crippen LogP contribution >= 0.6 is 0 Å². The summed E-state index contributed by atoms with van der Waals surface area (Å²) in [5.41, 5.74) is 1.15. The summed E-state index contributed by atoms with van der Waals surface area (Å²) in [7, 11) is 0.343. The third kappa shape index (κ3) is 6.51. The van der Waals surface area contributed by atoms with Crippen LogP contribution in [-0.2, 0) is 16.7 Å². The van der Waals surface area contributed by atoms with Crippen molar-refractivity contribution in [1.82, 2.24) is 4.90 Å². The maximum atomic E-state index is 13.6. The van der Waals surface area contributed by atoms with Crippen LogP contribution in [0, 0.1) is 5.82 Å². The van der Waals surface area contributed by atoms with Crippen LogP contribution in [0.5, 0.6) is 23.0 Å². The van der Waals surface area contributed by atoms with Crippen LogP contribution in [0.25, 0.3) is 0 Å². The molecule has 0 aliphatic heterocycles. The molecule has 0 spiro atoms. The average molecular weight is 532 g/mol. The van der Waals surface area contributed by atoms with E-state index in [2.05, 4.69) is 0 Å². The fourth-order valence-corrected chi connectivity index (χ4v) is 4.57. The molecule has 0 N–H and O–H groups in total. The molecule has 37 heavy (non-hydrogen) atoms. The van der Waals surface area contributed by atoms with Gasteiger partial charge in [0.05, 0.1) is 21.3 Å². The van der Waals surface area contributed by atoms with Gasteiger partial charge in [0, 0.05) is 18.2 Å². The highest BCUT2D eigenvalue weighted by Gasteiger charge is 2.24. The van der Waals surface area contributed by atoms with E-state index in [0.717, 1.165) is 29.8 Å². The van der Waals surface area contributed by atoms with Gasteiger partial charge in [0.15, 0.2) is 11.5 Å². The summed E-state index contributed by atoms with van der Waals surface area (Å²) in [6, 6.07) is 13.9. The van der Waals surface area contributed by atoms with Crippen molar-refractivity contribution in [3.8, 4) is 23.0 Å². The number of halogens is 1. The number of methoxy groups -OCH3 is 3. The fraction of sp³-hybridized carbons (Fsp3) is 0.296. The lowest BCUT2D eigenvalue weighted by molar-refractivity contribution is 0.0670. The second-order valence-electron chi connectivity index (χ2n) is 8.24. The predicted octanol–water partition coefficient (Wildman–Crippen LogP) is 5.06. The largest absolute Gasteiger partial charge is 0.493 e. The van der Waals surface area contributed by atoms with Gasteiger partial charge in [-0.25, -0.2) is 4.39 Å². The molecule has 3 rings (SSSR count). The van der Waals surface area contributed by atoms with Crippen molar-refractivity contribution in [3.63, 3.8) is 0 Å². The van der Waals surface area contributed by atoms with E-state index in [-0.39, 0.29) is 29.1 Å². The van der Waals surface area contributed by atoms with E-state index in [1.165, 1.54) is 33.5 Å². The fourth-order valence-electron chi connectivity index (χ4n) is 3.64. The van der Waals surface area contributed by atoms with E-state index in [9.17, 15) is 17.6 Å². The van der Waals surface area contributed by atoms with E-state index < -0.39 is 15.9 Å². The van der Waals surface area contributed by atoms with Crippen molar-refractivity contribution in [1.29, 1.82) is 0 Å². The van der Waals surface area contributed by atoms with Crippen molar-refractivity contribution in [2.24, 2.45) is 0 Å². The highest BCUT2D eigenvalue weighted by molar-refractivity contribution is 7.87. The van der Waals surface area contributed by atoms with Crippen LogP contribution in [0.2, 0.25) is 0 Å². The molecule has 1 unspecified atom stereocenters. The van der Waals surface area contributed by atoms with Gasteiger partial charge in [-0.3, -0.25) is 4.79 Å². The molecule has 0 aromatic heterocycles. The third-order valence-electron chi connectivity index (χ3n) is 5.88. The third-order valence-corrected chi connectivity index (χ3v) is 7.14. The molecule has 198 valence electrons. The molecule has 10 heteroatoms. The summed E-state index contributed by atoms with van der Waals surface area (Å²) >= 11 is 0. The Labute approximate surface area is 216 Å². The molecule has 0 fully saturated rings. The number of carbonyl (C=O) groups excluding carboxylic acids is 1. The predicted molar refractivity (Wildman–Crippen MR) is 136 cm³/mol. The van der Waals surface area contributed by atoms with E-state index in [1.807, 2.05) is 13.8 Å². The minimum Gasteiger partial charge on any atom is -0.493 e. The van der Waals surface area contributed by atoms with Crippen LogP contribution < -0.4 is 18.4 Å². The standard InChI is InChI=1S/C27H30FNO7S/c1-6-18(2)29(27(30)20-15-24(33-3)26(35-5)25(16-20)34-4)17-19-7-11-22(12-8-19)36-37(31,32)23-13-9-21(28)10-14-23/h7-16,18H,6,17H2,1-5H3. The lowest BCUT2D eigenvalue weighted by Crippen LogP contribution is -2.37. The van der Waals surface area contributed by atoms with Gasteiger partial charge in [-0.05, 0) is 67.4 Å². The zero-order valence-corrected chi connectivity index (χ0v) is 22.2. The number of carbonyl (C=O) groups is 1. The molecule has 0 radical (unpaired) electrons. The van der Waals surface area contributed by atoms with E-state index in [0.29, 0.717) is 29.2 Å². The number of hydrogen-bond donors (Lipinski definition) is 0. The van der Waals surface area contributed by atoms with Gasteiger partial charge >= 0.3 is 10.1 Å². The number of nitrogens with zero attached hydrogens (tertiary/aromatic N) is 1. The molecule has 0 saturated carbocycles. The van der Waals surface area contributed by atoms with Gasteiger partial charge in [0.25, 0.3) is 5.91 Å². The second-order valence-corrected chi connectivity index (χ2v) is 9.79. The van der Waals surface area contributed by atoms with E-state index in [1.54, 1.807) is 29.2 Å². The van der Waals surface area contributed by atoms with Crippen LogP contribution in [0.3, 0.4) is 0 Å². The maximum absolute atomic E-state index is 13.6. The summed E-state index contributed by atoms with van der Waals surface area (Å²) in [4.78, 5) is 15.1. The lowest BCUT2D eigenvalue weighted by Gasteiger charge is -2.29. The molecule has 3 aromatic rings. The number of hydrogen-bond acceptors (Lipinski definition) is 7. The zero-order chi connectivity index (χ0) is 27.2. The molecule has 0 bridgehead atoms. The number of benzene rings is 3. The Kier molecular flexibility index (Phi) is 8.99. The van der Waals surface area contributed by atoms with Gasteiger partial charge in [0.2, 0.25) is 5.75 Å². The van der Waals surface area contributed by atoms with Gasteiger partial charge in [-0.1, -0.05) is 19.1 Å². The first-order valence-corrected chi connectivity index (χ1v) is 12.9. The first-order valence-electron chi connectivity index (χ1n) is 11.5. The molecule has 1 atom stereocenters. The van der Waals surface area contributed by atoms with Gasteiger partial charge < -0.3 is 23.3 Å². The molecule has 3 aromatic carbocycles. The smallest absolute Gasteiger partial charge is 0.339 e. The second kappa shape index (κ2) is 12.0. The first kappa shape index (κ1) is 27.8. The molecule has 0 saturated heterocycles. The Morgan fingerprint density at radius 2 is 1.49 bits per heavy atom. The molecular formula is C27H30FNO7S. The van der Waals surface area contributed by atoms with Crippen molar-refractivity contribution < 1.29 is 36.0 Å². The Bertz CT molecular complexity index is 1300. The number of ether oxygens (including phenoxy) is 3. The first-order chi connectivity index (χ1) is 17.6. The van der Waals surface area contributed by atoms with Crippen LogP contribution in [0.1, 0.15) is 36.2 Å². The summed E-state index contributed by atoms with van der Waals surface area (Å²) in [6.07, 6.45) is 0.716. The Morgan fingerprint density at radius 3 is 1.97 bits per heavy atom. The van der Waals surface area contributed by atoms with E-state index >= 15 is 0 Å². The summed E-state index contributed by atoms with van der Waals surface area (Å²) in [5.74, 6) is 0.460. The Hall–Kier alpha value is -3.79. The van der Waals surface area contributed by atoms with Crippen LogP contribution in [-0.4, -0.2) is 46.6 Å². The summed E-state index contributed by atoms with van der Waals surface area (Å²) < 4.78 is 59.4. The van der Waals surface area contributed by atoms with Crippen LogP contribution in [0.15, 0.2) is 65.6 Å². The SMILES string of the molecule is CCC(C)N(Cc1ccc(OS(=O)(=O)c2ccc(F)cc2)cc1)C(=O)c1cc(OC)c(OC)c(OC)c1. The molecular weight excluding hydrogens is 501 g/mol. The topological polar surface area (TPSA) is 91.4 Å². The molecule has 0 heterocycles. The highest BCUT2D eigenvalue weighted by Crippen LogP contribution is 2.38. The van der Waals surface area contributed by atoms with Crippen molar-refractivity contribution in [2.75, 3.05) is 21.3 Å². The zero-order valence-electron chi connectivity index (χ0n) is 21.4. The number of amides is 1. The average Bonchev–Trinajstić information content (AvgIpc) is 2.90. The van der Waals surface area contributed by atoms with Crippen molar-refractivity contribution in [3.05, 3.63) is 77.6 Å².